The smallest absolute Gasteiger partial charge is 0.324 e. The number of nitrogens with zero attached hydrogens (tertiary/aromatic N) is 4. The van der Waals surface area contributed by atoms with Gasteiger partial charge in [-0.1, -0.05) is 72.4 Å². The van der Waals surface area contributed by atoms with Crippen LogP contribution in [0.5, 0.6) is 0 Å². The van der Waals surface area contributed by atoms with Crippen LogP contribution < -0.4 is 11.0 Å². The van der Waals surface area contributed by atoms with Crippen molar-refractivity contribution in [3.63, 3.8) is 0 Å². The minimum absolute atomic E-state index is 0.120. The summed E-state index contributed by atoms with van der Waals surface area (Å²) in [5, 5.41) is 12.3. The van der Waals surface area contributed by atoms with Crippen LogP contribution in [0.25, 0.3) is 22.8 Å². The molecule has 0 atom stereocenters. The van der Waals surface area contributed by atoms with Crippen LogP contribution in [0.3, 0.4) is 0 Å². The third kappa shape index (κ3) is 4.67. The monoisotopic (exact) mass is 482 g/mol. The molecule has 2 aromatic heterocycles. The average Bonchev–Trinajstić information content (AvgIpc) is 3.47. The lowest BCUT2D eigenvalue weighted by Gasteiger charge is -2.13. The van der Waals surface area contributed by atoms with Gasteiger partial charge in [-0.3, -0.25) is 13.9 Å². The van der Waals surface area contributed by atoms with Crippen molar-refractivity contribution < 1.29 is 4.79 Å². The summed E-state index contributed by atoms with van der Waals surface area (Å²) in [6.07, 6.45) is 1.64. The van der Waals surface area contributed by atoms with E-state index in [1.54, 1.807) is 18.3 Å². The number of carbonyl (C=O) groups excluding carboxylic acids is 1. The maximum atomic E-state index is 12.9. The molecule has 0 saturated heterocycles. The van der Waals surface area contributed by atoms with Crippen LogP contribution in [-0.2, 0) is 4.79 Å². The van der Waals surface area contributed by atoms with Crippen molar-refractivity contribution in [3.8, 4) is 22.8 Å². The number of aromatic amines is 1. The SMILES string of the molecule is Cc1c[nH]c(=O)n1-c1ccccc1NC(=O)CSc1nnc(-c2ccccc2)n1-c1ccccc1. The Hall–Kier alpha value is -4.37. The molecule has 5 aromatic rings. The summed E-state index contributed by atoms with van der Waals surface area (Å²) in [4.78, 5) is 27.8. The minimum atomic E-state index is -0.261. The molecule has 0 aliphatic carbocycles. The molecule has 3 aromatic carbocycles. The predicted octanol–water partition coefficient (Wildman–Crippen LogP) is 4.45. The van der Waals surface area contributed by atoms with E-state index in [1.165, 1.54) is 16.3 Å². The number of thioether (sulfide) groups is 1. The molecule has 35 heavy (non-hydrogen) atoms. The van der Waals surface area contributed by atoms with Gasteiger partial charge in [-0.25, -0.2) is 4.79 Å². The molecule has 0 radical (unpaired) electrons. The van der Waals surface area contributed by atoms with E-state index in [-0.39, 0.29) is 17.3 Å². The number of nitrogens with one attached hydrogen (secondary N) is 2. The number of aryl methyl sites for hydroxylation is 1. The summed E-state index contributed by atoms with van der Waals surface area (Å²) in [7, 11) is 0. The molecule has 0 aliphatic rings. The molecule has 0 aliphatic heterocycles. The lowest BCUT2D eigenvalue weighted by molar-refractivity contribution is -0.113. The highest BCUT2D eigenvalue weighted by atomic mass is 32.2. The fourth-order valence-electron chi connectivity index (χ4n) is 3.79. The Labute approximate surface area is 205 Å². The molecule has 174 valence electrons. The van der Waals surface area contributed by atoms with Gasteiger partial charge in [0.05, 0.1) is 17.1 Å². The fraction of sp³-hybridized carbons (Fsp3) is 0.0769. The summed E-state index contributed by atoms with van der Waals surface area (Å²) in [6, 6.07) is 26.8. The van der Waals surface area contributed by atoms with Crippen LogP contribution in [0.4, 0.5) is 5.69 Å². The number of benzene rings is 3. The topological polar surface area (TPSA) is 97.6 Å². The Morgan fingerprint density at radius 1 is 0.914 bits per heavy atom. The van der Waals surface area contributed by atoms with E-state index < -0.39 is 0 Å². The van der Waals surface area contributed by atoms with Crippen LogP contribution in [0.15, 0.2) is 101 Å². The summed E-state index contributed by atoms with van der Waals surface area (Å²) < 4.78 is 3.48. The van der Waals surface area contributed by atoms with Crippen molar-refractivity contribution in [2.75, 3.05) is 11.1 Å². The Morgan fingerprint density at radius 2 is 1.60 bits per heavy atom. The van der Waals surface area contributed by atoms with Crippen LogP contribution in [-0.4, -0.2) is 36.0 Å². The van der Waals surface area contributed by atoms with Crippen molar-refractivity contribution in [2.45, 2.75) is 12.1 Å². The summed E-state index contributed by atoms with van der Waals surface area (Å²) >= 11 is 1.30. The van der Waals surface area contributed by atoms with Crippen molar-refractivity contribution in [3.05, 3.63) is 107 Å². The molecule has 0 saturated carbocycles. The molecule has 9 heteroatoms. The van der Waals surface area contributed by atoms with E-state index in [1.807, 2.05) is 84.3 Å². The average molecular weight is 483 g/mol. The fourth-order valence-corrected chi connectivity index (χ4v) is 4.54. The van der Waals surface area contributed by atoms with Gasteiger partial charge in [-0.05, 0) is 31.2 Å². The summed E-state index contributed by atoms with van der Waals surface area (Å²) in [5.74, 6) is 0.606. The van der Waals surface area contributed by atoms with Gasteiger partial charge in [-0.15, -0.1) is 10.2 Å². The summed E-state index contributed by atoms with van der Waals surface area (Å²) in [6.45, 7) is 1.83. The number of rotatable bonds is 7. The maximum absolute atomic E-state index is 12.9. The van der Waals surface area contributed by atoms with Crippen LogP contribution in [0.2, 0.25) is 0 Å². The van der Waals surface area contributed by atoms with Gasteiger partial charge in [0.15, 0.2) is 11.0 Å². The Balaban J connectivity index is 1.39. The molecule has 2 heterocycles. The predicted molar refractivity (Wildman–Crippen MR) is 137 cm³/mol. The lowest BCUT2D eigenvalue weighted by atomic mass is 10.2. The van der Waals surface area contributed by atoms with Gasteiger partial charge < -0.3 is 10.3 Å². The van der Waals surface area contributed by atoms with Gasteiger partial charge >= 0.3 is 5.69 Å². The van der Waals surface area contributed by atoms with Crippen LogP contribution >= 0.6 is 11.8 Å². The number of H-pyrrole nitrogens is 1. The van der Waals surface area contributed by atoms with Crippen molar-refractivity contribution >= 4 is 23.4 Å². The molecule has 0 spiro atoms. The van der Waals surface area contributed by atoms with E-state index in [9.17, 15) is 9.59 Å². The quantitative estimate of drug-likeness (QED) is 0.334. The Bertz CT molecular complexity index is 1520. The van der Waals surface area contributed by atoms with Crippen molar-refractivity contribution in [2.24, 2.45) is 0 Å². The number of hydrogen-bond acceptors (Lipinski definition) is 5. The number of hydrogen-bond donors (Lipinski definition) is 2. The van der Waals surface area contributed by atoms with Gasteiger partial charge in [0, 0.05) is 23.1 Å². The summed E-state index contributed by atoms with van der Waals surface area (Å²) in [5.41, 5.74) is 3.48. The number of imidazole rings is 1. The maximum Gasteiger partial charge on any atom is 0.330 e. The van der Waals surface area contributed by atoms with Gasteiger partial charge in [-0.2, -0.15) is 0 Å². The molecule has 0 unspecified atom stereocenters. The van der Waals surface area contributed by atoms with Crippen LogP contribution in [0.1, 0.15) is 5.69 Å². The highest BCUT2D eigenvalue weighted by Gasteiger charge is 2.18. The zero-order valence-corrected chi connectivity index (χ0v) is 19.7. The highest BCUT2D eigenvalue weighted by molar-refractivity contribution is 7.99. The number of amides is 1. The van der Waals surface area contributed by atoms with E-state index in [4.69, 9.17) is 0 Å². The van der Waals surface area contributed by atoms with E-state index in [2.05, 4.69) is 20.5 Å². The number of carbonyl (C=O) groups is 1. The third-order valence-electron chi connectivity index (χ3n) is 5.39. The Kier molecular flexibility index (Phi) is 6.32. The molecule has 5 rings (SSSR count). The standard InChI is InChI=1S/C26H22N6O2S/c1-18-16-27-25(34)31(18)22-15-9-8-14-21(22)28-23(33)17-35-26-30-29-24(19-10-4-2-5-11-19)32(26)20-12-6-3-7-13-20/h2-16H,17H2,1H3,(H,27,34)(H,28,33). The number of aromatic nitrogens is 5. The second-order valence-electron chi connectivity index (χ2n) is 7.77. The first-order valence-electron chi connectivity index (χ1n) is 11.0. The zero-order valence-electron chi connectivity index (χ0n) is 18.9. The third-order valence-corrected chi connectivity index (χ3v) is 6.32. The van der Waals surface area contributed by atoms with Gasteiger partial charge in [0.1, 0.15) is 0 Å². The molecule has 1 amide bonds. The van der Waals surface area contributed by atoms with Crippen molar-refractivity contribution in [1.29, 1.82) is 0 Å². The number of para-hydroxylation sites is 3. The van der Waals surface area contributed by atoms with Gasteiger partial charge in [0.2, 0.25) is 5.91 Å². The molecule has 2 N–H and O–H groups in total. The van der Waals surface area contributed by atoms with E-state index in [0.717, 1.165) is 16.9 Å². The first kappa shape index (κ1) is 22.4. The van der Waals surface area contributed by atoms with Crippen LogP contribution in [0, 0.1) is 6.92 Å². The Morgan fingerprint density at radius 3 is 2.31 bits per heavy atom. The first-order chi connectivity index (χ1) is 17.1. The number of anilines is 1. The van der Waals surface area contributed by atoms with E-state index in [0.29, 0.717) is 22.4 Å². The second-order valence-corrected chi connectivity index (χ2v) is 8.71. The largest absolute Gasteiger partial charge is 0.330 e. The molecular weight excluding hydrogens is 460 g/mol. The molecule has 0 fully saturated rings. The van der Waals surface area contributed by atoms with E-state index >= 15 is 0 Å². The first-order valence-corrected chi connectivity index (χ1v) is 12.0. The van der Waals surface area contributed by atoms with Gasteiger partial charge in [0.25, 0.3) is 0 Å². The minimum Gasteiger partial charge on any atom is -0.324 e. The molecule has 8 nitrogen and oxygen atoms in total. The molecule has 0 bridgehead atoms. The second kappa shape index (κ2) is 9.86. The highest BCUT2D eigenvalue weighted by Crippen LogP contribution is 2.28. The van der Waals surface area contributed by atoms with Crippen molar-refractivity contribution in [1.82, 2.24) is 24.3 Å². The lowest BCUT2D eigenvalue weighted by Crippen LogP contribution is -2.20. The zero-order chi connectivity index (χ0) is 24.2. The molecular formula is C26H22N6O2S. The normalized spacial score (nSPS) is 10.9.